The molecule has 16 heavy (non-hydrogen) atoms. The van der Waals surface area contributed by atoms with E-state index in [-0.39, 0.29) is 5.60 Å². The Labute approximate surface area is 98.0 Å². The molecule has 1 aromatic rings. The van der Waals surface area contributed by atoms with E-state index in [1.54, 1.807) is 7.11 Å². The summed E-state index contributed by atoms with van der Waals surface area (Å²) in [4.78, 5) is 0. The third-order valence-corrected chi connectivity index (χ3v) is 3.05. The molecular formula is C12H23N3O. The van der Waals surface area contributed by atoms with Crippen LogP contribution in [0, 0.1) is 6.92 Å². The van der Waals surface area contributed by atoms with Gasteiger partial charge in [-0.25, -0.2) is 0 Å². The van der Waals surface area contributed by atoms with Crippen molar-refractivity contribution < 1.29 is 4.74 Å². The first-order chi connectivity index (χ1) is 7.50. The highest BCUT2D eigenvalue weighted by Gasteiger charge is 2.17. The smallest absolute Gasteiger partial charge is 0.0640 e. The van der Waals surface area contributed by atoms with Gasteiger partial charge in [-0.2, -0.15) is 5.10 Å². The predicted octanol–water partition coefficient (Wildman–Crippen LogP) is 1.73. The molecule has 0 bridgehead atoms. The molecule has 4 heteroatoms. The molecule has 0 aliphatic heterocycles. The Morgan fingerprint density at radius 1 is 1.50 bits per heavy atom. The van der Waals surface area contributed by atoms with Crippen LogP contribution < -0.4 is 5.32 Å². The molecule has 1 heterocycles. The fraction of sp³-hybridized carbons (Fsp3) is 0.750. The van der Waals surface area contributed by atoms with E-state index in [1.807, 2.05) is 17.9 Å². The molecule has 1 N–H and O–H groups in total. The van der Waals surface area contributed by atoms with Gasteiger partial charge in [0, 0.05) is 31.5 Å². The first kappa shape index (κ1) is 13.2. The molecule has 0 saturated carbocycles. The highest BCUT2D eigenvalue weighted by atomic mass is 16.5. The number of aromatic nitrogens is 2. The topological polar surface area (TPSA) is 39.1 Å². The van der Waals surface area contributed by atoms with E-state index in [4.69, 9.17) is 4.74 Å². The van der Waals surface area contributed by atoms with Gasteiger partial charge in [-0.05, 0) is 34.2 Å². The first-order valence-electron chi connectivity index (χ1n) is 5.71. The van der Waals surface area contributed by atoms with Gasteiger partial charge in [0.25, 0.3) is 0 Å². The van der Waals surface area contributed by atoms with Crippen LogP contribution in [0.3, 0.4) is 0 Å². The second-order valence-corrected chi connectivity index (χ2v) is 4.72. The van der Waals surface area contributed by atoms with Crippen molar-refractivity contribution in [3.63, 3.8) is 0 Å². The summed E-state index contributed by atoms with van der Waals surface area (Å²) in [6, 6.07) is 0. The molecule has 0 atom stereocenters. The minimum atomic E-state index is -0.0818. The van der Waals surface area contributed by atoms with Crippen LogP contribution in [0.1, 0.15) is 31.5 Å². The van der Waals surface area contributed by atoms with Crippen molar-refractivity contribution in [2.24, 2.45) is 0 Å². The van der Waals surface area contributed by atoms with E-state index in [2.05, 4.69) is 31.2 Å². The Morgan fingerprint density at radius 2 is 2.19 bits per heavy atom. The quantitative estimate of drug-likeness (QED) is 0.801. The molecule has 0 amide bonds. The summed E-state index contributed by atoms with van der Waals surface area (Å²) in [5.74, 6) is 0. The van der Waals surface area contributed by atoms with Crippen molar-refractivity contribution in [1.82, 2.24) is 15.1 Å². The van der Waals surface area contributed by atoms with Crippen LogP contribution in [0.15, 0.2) is 6.20 Å². The number of rotatable bonds is 6. The lowest BCUT2D eigenvalue weighted by Crippen LogP contribution is -2.25. The summed E-state index contributed by atoms with van der Waals surface area (Å²) < 4.78 is 7.45. The maximum Gasteiger partial charge on any atom is 0.0640 e. The van der Waals surface area contributed by atoms with Crippen molar-refractivity contribution in [3.05, 3.63) is 17.5 Å². The van der Waals surface area contributed by atoms with E-state index in [9.17, 15) is 0 Å². The van der Waals surface area contributed by atoms with E-state index < -0.39 is 0 Å². The van der Waals surface area contributed by atoms with Gasteiger partial charge >= 0.3 is 0 Å². The maximum absolute atomic E-state index is 5.40. The van der Waals surface area contributed by atoms with E-state index in [1.165, 1.54) is 11.3 Å². The summed E-state index contributed by atoms with van der Waals surface area (Å²) in [6.45, 7) is 8.08. The normalized spacial score (nSPS) is 12.1. The number of aryl methyl sites for hydroxylation is 1. The number of methoxy groups -OCH3 is 1. The summed E-state index contributed by atoms with van der Waals surface area (Å²) in [7, 11) is 3.70. The van der Waals surface area contributed by atoms with Crippen molar-refractivity contribution in [1.29, 1.82) is 0 Å². The fourth-order valence-electron chi connectivity index (χ4n) is 1.55. The van der Waals surface area contributed by atoms with E-state index >= 15 is 0 Å². The van der Waals surface area contributed by atoms with Gasteiger partial charge in [-0.15, -0.1) is 0 Å². The zero-order valence-electron chi connectivity index (χ0n) is 11.0. The van der Waals surface area contributed by atoms with E-state index in [0.717, 1.165) is 19.5 Å². The zero-order chi connectivity index (χ0) is 12.2. The van der Waals surface area contributed by atoms with Gasteiger partial charge in [0.15, 0.2) is 0 Å². The summed E-state index contributed by atoms with van der Waals surface area (Å²) in [5, 5.41) is 7.54. The van der Waals surface area contributed by atoms with Gasteiger partial charge < -0.3 is 10.1 Å². The maximum atomic E-state index is 5.40. The Kier molecular flexibility index (Phi) is 4.50. The van der Waals surface area contributed by atoms with Crippen molar-refractivity contribution in [2.45, 2.75) is 45.9 Å². The highest BCUT2D eigenvalue weighted by molar-refractivity contribution is 5.15. The number of ether oxygens (including phenoxy) is 1. The van der Waals surface area contributed by atoms with E-state index in [0.29, 0.717) is 0 Å². The molecule has 4 nitrogen and oxygen atoms in total. The zero-order valence-corrected chi connectivity index (χ0v) is 11.0. The van der Waals surface area contributed by atoms with Crippen LogP contribution in [-0.4, -0.2) is 29.5 Å². The minimum absolute atomic E-state index is 0.0818. The standard InChI is InChI=1S/C12H23N3O/c1-10-11(8-13-4)9-14-15(10)7-6-12(2,3)16-5/h9,13H,6-8H2,1-5H3. The van der Waals surface area contributed by atoms with Crippen molar-refractivity contribution in [3.8, 4) is 0 Å². The van der Waals surface area contributed by atoms with Gasteiger partial charge in [0.1, 0.15) is 0 Å². The summed E-state index contributed by atoms with van der Waals surface area (Å²) in [5.41, 5.74) is 2.42. The van der Waals surface area contributed by atoms with Crippen LogP contribution in [0.5, 0.6) is 0 Å². The molecule has 0 aliphatic rings. The van der Waals surface area contributed by atoms with Crippen LogP contribution in [0.25, 0.3) is 0 Å². The van der Waals surface area contributed by atoms with Gasteiger partial charge in [-0.3, -0.25) is 4.68 Å². The number of nitrogens with zero attached hydrogens (tertiary/aromatic N) is 2. The summed E-state index contributed by atoms with van der Waals surface area (Å²) in [6.07, 6.45) is 2.90. The molecule has 0 radical (unpaired) electrons. The molecule has 0 aliphatic carbocycles. The molecule has 0 fully saturated rings. The fourth-order valence-corrected chi connectivity index (χ4v) is 1.55. The third-order valence-electron chi connectivity index (χ3n) is 3.05. The molecule has 0 saturated heterocycles. The van der Waals surface area contributed by atoms with Crippen LogP contribution >= 0.6 is 0 Å². The monoisotopic (exact) mass is 225 g/mol. The lowest BCUT2D eigenvalue weighted by Gasteiger charge is -2.22. The molecular weight excluding hydrogens is 202 g/mol. The third kappa shape index (κ3) is 3.32. The Morgan fingerprint density at radius 3 is 2.75 bits per heavy atom. The Hall–Kier alpha value is -0.870. The predicted molar refractivity (Wildman–Crippen MR) is 65.4 cm³/mol. The molecule has 1 rings (SSSR count). The second kappa shape index (κ2) is 5.46. The van der Waals surface area contributed by atoms with Crippen LogP contribution in [0.2, 0.25) is 0 Å². The average Bonchev–Trinajstić information content (AvgIpc) is 2.59. The Bertz CT molecular complexity index is 331. The van der Waals surface area contributed by atoms with Crippen molar-refractivity contribution in [2.75, 3.05) is 14.2 Å². The first-order valence-corrected chi connectivity index (χ1v) is 5.71. The number of hydrogen-bond acceptors (Lipinski definition) is 3. The molecule has 92 valence electrons. The molecule has 1 aromatic heterocycles. The van der Waals surface area contributed by atoms with Gasteiger partial charge in [0.05, 0.1) is 11.8 Å². The average molecular weight is 225 g/mol. The lowest BCUT2D eigenvalue weighted by molar-refractivity contribution is 0.0112. The largest absolute Gasteiger partial charge is 0.379 e. The molecule has 0 aromatic carbocycles. The molecule has 0 spiro atoms. The number of hydrogen-bond donors (Lipinski definition) is 1. The SMILES string of the molecule is CNCc1cnn(CCC(C)(C)OC)c1C. The van der Waals surface area contributed by atoms with Gasteiger partial charge in [0.2, 0.25) is 0 Å². The van der Waals surface area contributed by atoms with Crippen LogP contribution in [-0.2, 0) is 17.8 Å². The summed E-state index contributed by atoms with van der Waals surface area (Å²) >= 11 is 0. The Balaban J connectivity index is 2.61. The van der Waals surface area contributed by atoms with Gasteiger partial charge in [-0.1, -0.05) is 0 Å². The second-order valence-electron chi connectivity index (χ2n) is 4.72. The van der Waals surface area contributed by atoms with Crippen molar-refractivity contribution >= 4 is 0 Å². The lowest BCUT2D eigenvalue weighted by atomic mass is 10.1. The van der Waals surface area contributed by atoms with Crippen LogP contribution in [0.4, 0.5) is 0 Å². The molecule has 0 unspecified atom stereocenters. The number of nitrogens with one attached hydrogen (secondary N) is 1. The highest BCUT2D eigenvalue weighted by Crippen LogP contribution is 2.15. The minimum Gasteiger partial charge on any atom is -0.379 e.